The van der Waals surface area contributed by atoms with Gasteiger partial charge >= 0.3 is 17.8 Å². The third-order valence-electron chi connectivity index (χ3n) is 5.53. The summed E-state index contributed by atoms with van der Waals surface area (Å²) in [7, 11) is 0. The first kappa shape index (κ1) is 23.8. The number of nitrogens with zero attached hydrogens (tertiary/aromatic N) is 2. The molecule has 1 saturated heterocycles. The molecule has 1 fully saturated rings. The molecular formula is C24H28N4O5. The molecule has 9 heteroatoms. The lowest BCUT2D eigenvalue weighted by molar-refractivity contribution is -0.162. The van der Waals surface area contributed by atoms with Gasteiger partial charge in [0, 0.05) is 31.6 Å². The molecule has 2 aromatic rings. The van der Waals surface area contributed by atoms with E-state index < -0.39 is 23.8 Å². The first-order valence-electron chi connectivity index (χ1n) is 10.8. The number of piperazine rings is 1. The number of hydrogen-bond acceptors (Lipinski definition) is 5. The van der Waals surface area contributed by atoms with Crippen LogP contribution in [0.2, 0.25) is 0 Å². The summed E-state index contributed by atoms with van der Waals surface area (Å²) in [5, 5.41) is 17.0. The fraction of sp³-hybridized carbons (Fsp3) is 0.333. The molecule has 4 N–H and O–H groups in total. The van der Waals surface area contributed by atoms with Crippen molar-refractivity contribution in [2.75, 3.05) is 26.2 Å². The smallest absolute Gasteiger partial charge is 0.326 e. The van der Waals surface area contributed by atoms with Crippen LogP contribution in [-0.2, 0) is 20.8 Å². The second kappa shape index (κ2) is 11.1. The average Bonchev–Trinajstić information content (AvgIpc) is 2.81. The molecule has 0 spiro atoms. The van der Waals surface area contributed by atoms with E-state index in [2.05, 4.69) is 0 Å². The van der Waals surface area contributed by atoms with Crippen molar-refractivity contribution in [3.63, 3.8) is 0 Å². The quantitative estimate of drug-likeness (QED) is 0.204. The summed E-state index contributed by atoms with van der Waals surface area (Å²) in [6, 6.07) is 14.9. The number of nitrogen functional groups attached to an aromatic ring is 1. The van der Waals surface area contributed by atoms with Crippen LogP contribution in [0.15, 0.2) is 54.6 Å². The number of nitrogens with two attached hydrogens (primary N) is 1. The number of hydrogen-bond donors (Lipinski definition) is 3. The molecule has 2 amide bonds. The van der Waals surface area contributed by atoms with Crippen molar-refractivity contribution in [3.8, 4) is 5.75 Å². The molecule has 0 aromatic heterocycles. The molecule has 1 aliphatic rings. The lowest BCUT2D eigenvalue weighted by Gasteiger charge is -2.36. The van der Waals surface area contributed by atoms with Crippen LogP contribution >= 0.6 is 0 Å². The molecule has 33 heavy (non-hydrogen) atoms. The molecule has 0 radical (unpaired) electrons. The number of unbranched alkanes of at least 4 members (excludes halogenated alkanes) is 1. The monoisotopic (exact) mass is 452 g/mol. The fourth-order valence-electron chi connectivity index (χ4n) is 3.69. The Labute approximate surface area is 192 Å². The molecule has 0 bridgehead atoms. The minimum Gasteiger partial charge on any atom is -0.494 e. The van der Waals surface area contributed by atoms with Crippen LogP contribution in [0, 0.1) is 5.41 Å². The Bertz CT molecular complexity index is 994. The second-order valence-corrected chi connectivity index (χ2v) is 7.83. The zero-order valence-electron chi connectivity index (χ0n) is 18.3. The molecule has 1 atom stereocenters. The highest BCUT2D eigenvalue weighted by molar-refractivity contribution is 6.35. The van der Waals surface area contributed by atoms with E-state index in [1.165, 1.54) is 9.80 Å². The number of benzene rings is 2. The topological polar surface area (TPSA) is 137 Å². The van der Waals surface area contributed by atoms with Crippen LogP contribution in [0.4, 0.5) is 0 Å². The van der Waals surface area contributed by atoms with Crippen LogP contribution < -0.4 is 10.5 Å². The molecule has 174 valence electrons. The van der Waals surface area contributed by atoms with Gasteiger partial charge in [0.25, 0.3) is 0 Å². The van der Waals surface area contributed by atoms with E-state index in [1.54, 1.807) is 36.4 Å². The van der Waals surface area contributed by atoms with Crippen LogP contribution in [0.3, 0.4) is 0 Å². The van der Waals surface area contributed by atoms with E-state index in [4.69, 9.17) is 15.9 Å². The van der Waals surface area contributed by atoms with Crippen LogP contribution in [0.1, 0.15) is 24.0 Å². The predicted molar refractivity (Wildman–Crippen MR) is 122 cm³/mol. The van der Waals surface area contributed by atoms with E-state index >= 15 is 0 Å². The van der Waals surface area contributed by atoms with E-state index in [1.807, 2.05) is 18.2 Å². The maximum Gasteiger partial charge on any atom is 0.326 e. The standard InChI is InChI=1S/C24H28N4O5/c25-21(26)18-8-10-19(11-9-18)33-15-5-4-12-27-13-14-28(23(30)22(27)29)20(24(31)32)16-17-6-2-1-3-7-17/h1-3,6-11,20H,4-5,12-16H2,(H3,25,26)(H,31,32). The number of ether oxygens (including phenoxy) is 1. The van der Waals surface area contributed by atoms with Crippen molar-refractivity contribution in [1.29, 1.82) is 5.41 Å². The number of nitrogens with one attached hydrogen (secondary N) is 1. The highest BCUT2D eigenvalue weighted by Gasteiger charge is 2.38. The Morgan fingerprint density at radius 1 is 1.03 bits per heavy atom. The molecule has 2 aromatic carbocycles. The van der Waals surface area contributed by atoms with E-state index in [0.717, 1.165) is 5.56 Å². The van der Waals surface area contributed by atoms with Gasteiger partial charge in [-0.2, -0.15) is 0 Å². The van der Waals surface area contributed by atoms with Gasteiger partial charge in [-0.25, -0.2) is 4.79 Å². The van der Waals surface area contributed by atoms with Crippen molar-refractivity contribution in [3.05, 3.63) is 65.7 Å². The number of amides is 2. The third-order valence-corrected chi connectivity index (χ3v) is 5.53. The average molecular weight is 453 g/mol. The highest BCUT2D eigenvalue weighted by atomic mass is 16.5. The summed E-state index contributed by atoms with van der Waals surface area (Å²) in [6.07, 6.45) is 1.48. The lowest BCUT2D eigenvalue weighted by Crippen LogP contribution is -2.59. The number of carboxylic acids is 1. The molecule has 1 heterocycles. The highest BCUT2D eigenvalue weighted by Crippen LogP contribution is 2.16. The normalized spacial score (nSPS) is 14.8. The first-order valence-corrected chi connectivity index (χ1v) is 10.8. The van der Waals surface area contributed by atoms with Crippen LogP contribution in [0.5, 0.6) is 5.75 Å². The summed E-state index contributed by atoms with van der Waals surface area (Å²) >= 11 is 0. The Morgan fingerprint density at radius 2 is 1.73 bits per heavy atom. The van der Waals surface area contributed by atoms with Crippen molar-refractivity contribution in [2.45, 2.75) is 25.3 Å². The van der Waals surface area contributed by atoms with E-state index in [-0.39, 0.29) is 18.8 Å². The SMILES string of the molecule is N=C(N)c1ccc(OCCCCN2CCN(C(Cc3ccccc3)C(=O)O)C(=O)C2=O)cc1. The van der Waals surface area contributed by atoms with Gasteiger partial charge in [-0.05, 0) is 42.7 Å². The van der Waals surface area contributed by atoms with Crippen molar-refractivity contribution < 1.29 is 24.2 Å². The Morgan fingerprint density at radius 3 is 2.36 bits per heavy atom. The molecule has 3 rings (SSSR count). The van der Waals surface area contributed by atoms with Gasteiger partial charge in [-0.1, -0.05) is 30.3 Å². The number of carbonyl (C=O) groups excluding carboxylic acids is 2. The molecule has 9 nitrogen and oxygen atoms in total. The molecule has 1 unspecified atom stereocenters. The summed E-state index contributed by atoms with van der Waals surface area (Å²) < 4.78 is 5.65. The molecular weight excluding hydrogens is 424 g/mol. The Hall–Kier alpha value is -3.88. The van der Waals surface area contributed by atoms with Gasteiger partial charge < -0.3 is 25.4 Å². The molecule has 0 saturated carbocycles. The van der Waals surface area contributed by atoms with Gasteiger partial charge in [0.15, 0.2) is 0 Å². The maximum atomic E-state index is 12.6. The number of carboxylic acid groups (broad SMARTS) is 1. The zero-order chi connectivity index (χ0) is 23.8. The fourth-order valence-corrected chi connectivity index (χ4v) is 3.69. The number of carbonyl (C=O) groups is 3. The zero-order valence-corrected chi connectivity index (χ0v) is 18.3. The largest absolute Gasteiger partial charge is 0.494 e. The minimum absolute atomic E-state index is 0.00407. The maximum absolute atomic E-state index is 12.6. The van der Waals surface area contributed by atoms with Crippen molar-refractivity contribution in [1.82, 2.24) is 9.80 Å². The molecule has 1 aliphatic heterocycles. The Balaban J connectivity index is 1.45. The first-order chi connectivity index (χ1) is 15.9. The van der Waals surface area contributed by atoms with Crippen molar-refractivity contribution in [2.24, 2.45) is 5.73 Å². The van der Waals surface area contributed by atoms with E-state index in [0.29, 0.717) is 43.9 Å². The lowest BCUT2D eigenvalue weighted by atomic mass is 10.0. The Kier molecular flexibility index (Phi) is 8.01. The summed E-state index contributed by atoms with van der Waals surface area (Å²) in [4.78, 5) is 39.7. The number of rotatable bonds is 11. The van der Waals surface area contributed by atoms with Gasteiger partial charge in [0.2, 0.25) is 0 Å². The summed E-state index contributed by atoms with van der Waals surface area (Å²) in [5.41, 5.74) is 6.84. The predicted octanol–water partition coefficient (Wildman–Crippen LogP) is 1.50. The van der Waals surface area contributed by atoms with Crippen molar-refractivity contribution >= 4 is 23.6 Å². The second-order valence-electron chi connectivity index (χ2n) is 7.83. The van der Waals surface area contributed by atoms with Crippen LogP contribution in [-0.4, -0.2) is 70.8 Å². The van der Waals surface area contributed by atoms with Gasteiger partial charge in [-0.3, -0.25) is 15.0 Å². The summed E-state index contributed by atoms with van der Waals surface area (Å²) in [5.74, 6) is -1.90. The van der Waals surface area contributed by atoms with Crippen LogP contribution in [0.25, 0.3) is 0 Å². The molecule has 0 aliphatic carbocycles. The van der Waals surface area contributed by atoms with Gasteiger partial charge in [-0.15, -0.1) is 0 Å². The van der Waals surface area contributed by atoms with E-state index in [9.17, 15) is 19.5 Å². The van der Waals surface area contributed by atoms with Gasteiger partial charge in [0.05, 0.1) is 6.61 Å². The number of amidine groups is 1. The third kappa shape index (κ3) is 6.31. The minimum atomic E-state index is -1.12. The van der Waals surface area contributed by atoms with Gasteiger partial charge in [0.1, 0.15) is 17.6 Å². The summed E-state index contributed by atoms with van der Waals surface area (Å²) in [6.45, 7) is 1.34. The number of aliphatic carboxylic acids is 1.